The predicted molar refractivity (Wildman–Crippen MR) is 93.5 cm³/mol. The lowest BCUT2D eigenvalue weighted by Gasteiger charge is -2.31. The molecule has 4 heteroatoms. The van der Waals surface area contributed by atoms with Crippen LogP contribution in [-0.4, -0.2) is 12.0 Å². The van der Waals surface area contributed by atoms with Crippen LogP contribution >= 0.6 is 11.8 Å². The van der Waals surface area contributed by atoms with Gasteiger partial charge in [0.1, 0.15) is 0 Å². The first-order chi connectivity index (χ1) is 10.9. The molecular formula is C19H21F2NS. The summed E-state index contributed by atoms with van der Waals surface area (Å²) < 4.78 is 26.9. The lowest BCUT2D eigenvalue weighted by Crippen LogP contribution is -2.40. The number of alkyl halides is 2. The topological polar surface area (TPSA) is 12.0 Å². The highest BCUT2D eigenvalue weighted by molar-refractivity contribution is 7.98. The van der Waals surface area contributed by atoms with E-state index in [-0.39, 0.29) is 0 Å². The summed E-state index contributed by atoms with van der Waals surface area (Å²) in [5.41, 5.74) is 4.49. The largest absolute Gasteiger partial charge is 0.376 e. The van der Waals surface area contributed by atoms with Gasteiger partial charge in [-0.1, -0.05) is 29.8 Å². The maximum Gasteiger partial charge on any atom is 0.265 e. The Hall–Kier alpha value is -1.55. The Morgan fingerprint density at radius 2 is 1.91 bits per heavy atom. The summed E-state index contributed by atoms with van der Waals surface area (Å²) in [5, 5.41) is 2.99. The van der Waals surface area contributed by atoms with Gasteiger partial charge >= 0.3 is 0 Å². The molecule has 122 valence electrons. The molecule has 1 N–H and O–H groups in total. The van der Waals surface area contributed by atoms with E-state index >= 15 is 0 Å². The van der Waals surface area contributed by atoms with Crippen molar-refractivity contribution in [3.63, 3.8) is 0 Å². The molecule has 0 bridgehead atoms. The van der Waals surface area contributed by atoms with Crippen molar-refractivity contribution < 1.29 is 8.78 Å². The van der Waals surface area contributed by atoms with Gasteiger partial charge in [-0.15, -0.1) is 11.8 Å². The molecule has 1 atom stereocenters. The van der Waals surface area contributed by atoms with Crippen molar-refractivity contribution in [2.45, 2.75) is 49.3 Å². The predicted octanol–water partition coefficient (Wildman–Crippen LogP) is 5.67. The lowest BCUT2D eigenvalue weighted by atomic mass is 9.94. The van der Waals surface area contributed by atoms with Gasteiger partial charge in [0, 0.05) is 23.3 Å². The molecule has 0 aromatic heterocycles. The van der Waals surface area contributed by atoms with E-state index in [9.17, 15) is 8.78 Å². The zero-order chi connectivity index (χ0) is 16.4. The number of hydrogen-bond acceptors (Lipinski definition) is 2. The van der Waals surface area contributed by atoms with Crippen LogP contribution in [0.3, 0.4) is 0 Å². The third kappa shape index (κ3) is 4.05. The third-order valence-corrected chi connectivity index (χ3v) is 5.32. The zero-order valence-corrected chi connectivity index (χ0v) is 14.2. The van der Waals surface area contributed by atoms with Crippen LogP contribution in [0.15, 0.2) is 47.4 Å². The summed E-state index contributed by atoms with van der Waals surface area (Å²) >= 11 is 1.80. The number of aryl methyl sites for hydroxylation is 2. The molecule has 1 unspecified atom stereocenters. The molecule has 0 fully saturated rings. The van der Waals surface area contributed by atoms with Gasteiger partial charge in [-0.05, 0) is 49.1 Å². The molecule has 0 radical (unpaired) electrons. The zero-order valence-electron chi connectivity index (χ0n) is 13.4. The first-order valence-electron chi connectivity index (χ1n) is 7.87. The summed E-state index contributed by atoms with van der Waals surface area (Å²) in [4.78, 5) is 1.25. The highest BCUT2D eigenvalue weighted by Crippen LogP contribution is 2.33. The number of benzene rings is 2. The van der Waals surface area contributed by atoms with Gasteiger partial charge in [0.05, 0.1) is 6.04 Å². The molecule has 2 aromatic rings. The van der Waals surface area contributed by atoms with Crippen molar-refractivity contribution in [3.8, 4) is 0 Å². The van der Waals surface area contributed by atoms with E-state index in [0.717, 1.165) is 23.9 Å². The number of nitrogens with one attached hydrogen (secondary N) is 1. The van der Waals surface area contributed by atoms with Crippen LogP contribution in [-0.2, 0) is 12.2 Å². The molecular weight excluding hydrogens is 312 g/mol. The molecule has 0 saturated heterocycles. The molecule has 0 aliphatic carbocycles. The van der Waals surface area contributed by atoms with Crippen LogP contribution in [0, 0.1) is 6.92 Å². The fourth-order valence-electron chi connectivity index (χ4n) is 2.83. The molecule has 2 aromatic carbocycles. The first-order valence-corrected chi connectivity index (χ1v) is 8.86. The quantitative estimate of drug-likeness (QED) is 0.724. The molecule has 1 aliphatic rings. The van der Waals surface area contributed by atoms with Gasteiger partial charge in [-0.25, -0.2) is 8.78 Å². The Balaban J connectivity index is 1.66. The smallest absolute Gasteiger partial charge is 0.265 e. The maximum atomic E-state index is 13.5. The van der Waals surface area contributed by atoms with E-state index in [1.807, 2.05) is 12.1 Å². The number of thioether (sulfide) groups is 1. The molecule has 3 rings (SSSR count). The van der Waals surface area contributed by atoms with E-state index in [1.165, 1.54) is 16.0 Å². The summed E-state index contributed by atoms with van der Waals surface area (Å²) in [6.07, 6.45) is 1.19. The van der Waals surface area contributed by atoms with Crippen LogP contribution in [0.1, 0.15) is 30.0 Å². The molecule has 1 nitrogen and oxygen atoms in total. The Kier molecular flexibility index (Phi) is 4.62. The molecule has 1 aliphatic heterocycles. The van der Waals surface area contributed by atoms with Gasteiger partial charge in [0.15, 0.2) is 0 Å². The standard InChI is InChI=1S/C19H21F2NS/c1-13-3-7-16(8-4-13)23-12-14-5-9-17-15(11-14)6-10-18(22-17)19(2,20)21/h3-5,7-9,11,18,22H,6,10,12H2,1-2H3. The summed E-state index contributed by atoms with van der Waals surface area (Å²) in [6, 6.07) is 13.9. The monoisotopic (exact) mass is 333 g/mol. The number of anilines is 1. The Bertz CT molecular complexity index is 677. The minimum atomic E-state index is -2.68. The number of hydrogen-bond donors (Lipinski definition) is 1. The second-order valence-electron chi connectivity index (χ2n) is 6.29. The average Bonchev–Trinajstić information content (AvgIpc) is 2.53. The van der Waals surface area contributed by atoms with Gasteiger partial charge in [0.2, 0.25) is 0 Å². The van der Waals surface area contributed by atoms with Gasteiger partial charge in [0.25, 0.3) is 5.92 Å². The fraction of sp³-hybridized carbons (Fsp3) is 0.368. The molecule has 23 heavy (non-hydrogen) atoms. The van der Waals surface area contributed by atoms with E-state index in [4.69, 9.17) is 0 Å². The van der Waals surface area contributed by atoms with Crippen LogP contribution < -0.4 is 5.32 Å². The summed E-state index contributed by atoms with van der Waals surface area (Å²) in [5.74, 6) is -1.79. The number of rotatable bonds is 4. The van der Waals surface area contributed by atoms with Crippen molar-refractivity contribution >= 4 is 17.4 Å². The van der Waals surface area contributed by atoms with Crippen LogP contribution in [0.25, 0.3) is 0 Å². The summed E-state index contributed by atoms with van der Waals surface area (Å²) in [6.45, 7) is 3.07. The number of halogens is 2. The lowest BCUT2D eigenvalue weighted by molar-refractivity contribution is -0.00174. The fourth-order valence-corrected chi connectivity index (χ4v) is 3.67. The molecule has 0 saturated carbocycles. The highest BCUT2D eigenvalue weighted by atomic mass is 32.2. The van der Waals surface area contributed by atoms with Crippen molar-refractivity contribution in [2.75, 3.05) is 5.32 Å². The van der Waals surface area contributed by atoms with E-state index in [1.54, 1.807) is 11.8 Å². The van der Waals surface area contributed by atoms with Crippen LogP contribution in [0.4, 0.5) is 14.5 Å². The summed E-state index contributed by atoms with van der Waals surface area (Å²) in [7, 11) is 0. The van der Waals surface area contributed by atoms with Gasteiger partial charge in [-0.3, -0.25) is 0 Å². The Morgan fingerprint density at radius 3 is 2.61 bits per heavy atom. The van der Waals surface area contributed by atoms with Crippen molar-refractivity contribution in [1.29, 1.82) is 0 Å². The SMILES string of the molecule is Cc1ccc(SCc2ccc3c(c2)CCC(C(C)(F)F)N3)cc1. The second kappa shape index (κ2) is 6.52. The molecule has 0 amide bonds. The Morgan fingerprint density at radius 1 is 1.17 bits per heavy atom. The van der Waals surface area contributed by atoms with Crippen molar-refractivity contribution in [2.24, 2.45) is 0 Å². The minimum absolute atomic E-state index is 0.477. The third-order valence-electron chi connectivity index (χ3n) is 4.24. The minimum Gasteiger partial charge on any atom is -0.376 e. The molecule has 0 spiro atoms. The first kappa shape index (κ1) is 16.3. The van der Waals surface area contributed by atoms with Gasteiger partial charge in [-0.2, -0.15) is 0 Å². The van der Waals surface area contributed by atoms with Crippen molar-refractivity contribution in [3.05, 3.63) is 59.2 Å². The molecule has 1 heterocycles. The normalized spacial score (nSPS) is 17.5. The second-order valence-corrected chi connectivity index (χ2v) is 7.33. The van der Waals surface area contributed by atoms with E-state index in [2.05, 4.69) is 42.6 Å². The number of fused-ring (bicyclic) bond motifs is 1. The van der Waals surface area contributed by atoms with E-state index < -0.39 is 12.0 Å². The van der Waals surface area contributed by atoms with Crippen LogP contribution in [0.2, 0.25) is 0 Å². The van der Waals surface area contributed by atoms with E-state index in [0.29, 0.717) is 12.8 Å². The maximum absolute atomic E-state index is 13.5. The van der Waals surface area contributed by atoms with Gasteiger partial charge < -0.3 is 5.32 Å². The average molecular weight is 333 g/mol. The van der Waals surface area contributed by atoms with Crippen molar-refractivity contribution in [1.82, 2.24) is 0 Å². The highest BCUT2D eigenvalue weighted by Gasteiger charge is 2.36. The Labute approximate surface area is 140 Å². The van der Waals surface area contributed by atoms with Crippen LogP contribution in [0.5, 0.6) is 0 Å².